The van der Waals surface area contributed by atoms with Crippen LogP contribution in [0.1, 0.15) is 11.1 Å². The molecule has 1 N–H and O–H groups in total. The maximum Gasteiger partial charge on any atom is 0.241 e. The average molecular weight is 399 g/mol. The normalized spacial score (nSPS) is 14.2. The monoisotopic (exact) mass is 398 g/mol. The van der Waals surface area contributed by atoms with Crippen LogP contribution < -0.4 is 4.72 Å². The van der Waals surface area contributed by atoms with E-state index in [2.05, 4.69) is 4.72 Å². The molecule has 1 aliphatic rings. The van der Waals surface area contributed by atoms with Crippen LogP contribution in [0.3, 0.4) is 0 Å². The molecule has 2 aromatic rings. The van der Waals surface area contributed by atoms with E-state index in [-0.39, 0.29) is 27.4 Å². The van der Waals surface area contributed by atoms with Gasteiger partial charge in [0.05, 0.1) is 21.5 Å². The summed E-state index contributed by atoms with van der Waals surface area (Å²) >= 11 is 11.6. The Morgan fingerprint density at radius 3 is 2.52 bits per heavy atom. The molecule has 1 amide bonds. The molecular formula is C17H16Cl2N2O3S. The first-order valence-electron chi connectivity index (χ1n) is 7.66. The van der Waals surface area contributed by atoms with Crippen molar-refractivity contribution in [3.63, 3.8) is 0 Å². The van der Waals surface area contributed by atoms with Crippen molar-refractivity contribution in [2.75, 3.05) is 13.1 Å². The Labute approximate surface area is 156 Å². The van der Waals surface area contributed by atoms with E-state index >= 15 is 0 Å². The minimum atomic E-state index is -3.83. The zero-order valence-corrected chi connectivity index (χ0v) is 15.5. The molecular weight excluding hydrogens is 383 g/mol. The smallest absolute Gasteiger partial charge is 0.241 e. The highest BCUT2D eigenvalue weighted by molar-refractivity contribution is 7.89. The van der Waals surface area contributed by atoms with Gasteiger partial charge < -0.3 is 4.90 Å². The fraction of sp³-hybridized carbons (Fsp3) is 0.235. The van der Waals surface area contributed by atoms with Gasteiger partial charge in [-0.25, -0.2) is 13.1 Å². The molecule has 0 saturated carbocycles. The molecule has 3 rings (SSSR count). The van der Waals surface area contributed by atoms with Crippen molar-refractivity contribution in [3.05, 3.63) is 63.6 Å². The molecule has 25 heavy (non-hydrogen) atoms. The van der Waals surface area contributed by atoms with Crippen molar-refractivity contribution in [1.82, 2.24) is 9.62 Å². The molecule has 8 heteroatoms. The van der Waals surface area contributed by atoms with Gasteiger partial charge in [0.15, 0.2) is 0 Å². The second-order valence-corrected chi connectivity index (χ2v) is 8.32. The molecule has 0 unspecified atom stereocenters. The Morgan fingerprint density at radius 1 is 1.08 bits per heavy atom. The van der Waals surface area contributed by atoms with Gasteiger partial charge in [0.1, 0.15) is 0 Å². The average Bonchev–Trinajstić information content (AvgIpc) is 2.61. The second kappa shape index (κ2) is 7.33. The lowest BCUT2D eigenvalue weighted by Gasteiger charge is -2.29. The highest BCUT2D eigenvalue weighted by Crippen LogP contribution is 2.24. The third-order valence-corrected chi connectivity index (χ3v) is 6.24. The van der Waals surface area contributed by atoms with Crippen molar-refractivity contribution >= 4 is 39.1 Å². The number of sulfonamides is 1. The number of carbonyl (C=O) groups excluding carboxylic acids is 1. The van der Waals surface area contributed by atoms with Gasteiger partial charge in [0.25, 0.3) is 0 Å². The molecule has 0 aliphatic carbocycles. The number of carbonyl (C=O) groups is 1. The first kappa shape index (κ1) is 18.2. The lowest BCUT2D eigenvalue weighted by molar-refractivity contribution is -0.130. The van der Waals surface area contributed by atoms with Crippen LogP contribution in [0.4, 0.5) is 0 Å². The van der Waals surface area contributed by atoms with Gasteiger partial charge in [-0.15, -0.1) is 0 Å². The zero-order chi connectivity index (χ0) is 18.0. The molecule has 0 fully saturated rings. The summed E-state index contributed by atoms with van der Waals surface area (Å²) in [6.45, 7) is 0.763. The first-order chi connectivity index (χ1) is 11.9. The molecule has 0 atom stereocenters. The van der Waals surface area contributed by atoms with Gasteiger partial charge in [-0.1, -0.05) is 47.5 Å². The van der Waals surface area contributed by atoms with E-state index < -0.39 is 10.0 Å². The third-order valence-electron chi connectivity index (χ3n) is 4.10. The molecule has 132 valence electrons. The Morgan fingerprint density at radius 2 is 1.80 bits per heavy atom. The van der Waals surface area contributed by atoms with E-state index in [9.17, 15) is 13.2 Å². The summed E-state index contributed by atoms with van der Waals surface area (Å²) < 4.78 is 26.9. The van der Waals surface area contributed by atoms with Crippen LogP contribution in [0.15, 0.2) is 47.4 Å². The fourth-order valence-electron chi connectivity index (χ4n) is 2.70. The topological polar surface area (TPSA) is 66.5 Å². The summed E-state index contributed by atoms with van der Waals surface area (Å²) in [5, 5.41) is 0.409. The van der Waals surface area contributed by atoms with E-state index in [4.69, 9.17) is 23.2 Å². The van der Waals surface area contributed by atoms with Gasteiger partial charge in [-0.3, -0.25) is 4.79 Å². The zero-order valence-electron chi connectivity index (χ0n) is 13.2. The minimum absolute atomic E-state index is 0.0290. The number of rotatable bonds is 4. The molecule has 5 nitrogen and oxygen atoms in total. The van der Waals surface area contributed by atoms with Crippen molar-refractivity contribution in [1.29, 1.82) is 0 Å². The predicted octanol–water partition coefficient (Wildman–Crippen LogP) is 2.86. The third kappa shape index (κ3) is 4.15. The van der Waals surface area contributed by atoms with E-state index in [1.807, 2.05) is 24.3 Å². The predicted molar refractivity (Wildman–Crippen MR) is 97.2 cm³/mol. The molecule has 0 saturated heterocycles. The molecule has 1 aliphatic heterocycles. The van der Waals surface area contributed by atoms with Crippen LogP contribution in [0, 0.1) is 0 Å². The van der Waals surface area contributed by atoms with Gasteiger partial charge in [-0.2, -0.15) is 0 Å². The Kier molecular flexibility index (Phi) is 5.34. The highest BCUT2D eigenvalue weighted by atomic mass is 35.5. The standard InChI is InChI=1S/C17H16Cl2N2O3S/c18-15-6-5-14(9-16(15)19)25(23,24)20-10-17(22)21-8-7-12-3-1-2-4-13(12)11-21/h1-6,9,20H,7-8,10-11H2. The van der Waals surface area contributed by atoms with Gasteiger partial charge in [-0.05, 0) is 35.7 Å². The van der Waals surface area contributed by atoms with Crippen LogP contribution in [0.25, 0.3) is 0 Å². The minimum Gasteiger partial charge on any atom is -0.337 e. The fourth-order valence-corrected chi connectivity index (χ4v) is 4.07. The van der Waals surface area contributed by atoms with E-state index in [1.165, 1.54) is 23.8 Å². The van der Waals surface area contributed by atoms with Crippen molar-refractivity contribution in [2.45, 2.75) is 17.9 Å². The maximum atomic E-state index is 12.4. The van der Waals surface area contributed by atoms with Gasteiger partial charge >= 0.3 is 0 Å². The van der Waals surface area contributed by atoms with Gasteiger partial charge in [0, 0.05) is 13.1 Å². The number of fused-ring (bicyclic) bond motifs is 1. The number of halogens is 2. The molecule has 0 spiro atoms. The summed E-state index contributed by atoms with van der Waals surface area (Å²) in [6.07, 6.45) is 0.765. The molecule has 1 heterocycles. The first-order valence-corrected chi connectivity index (χ1v) is 9.90. The highest BCUT2D eigenvalue weighted by Gasteiger charge is 2.22. The molecule has 0 aromatic heterocycles. The van der Waals surface area contributed by atoms with E-state index in [1.54, 1.807) is 4.90 Å². The Bertz CT molecular complexity index is 916. The Hall–Kier alpha value is -1.60. The SMILES string of the molecule is O=C(CNS(=O)(=O)c1ccc(Cl)c(Cl)c1)N1CCc2ccccc2C1. The van der Waals surface area contributed by atoms with Crippen LogP contribution in [-0.4, -0.2) is 32.3 Å². The molecule has 0 radical (unpaired) electrons. The summed E-state index contributed by atoms with van der Waals surface area (Å²) in [4.78, 5) is 14.0. The number of hydrogen-bond acceptors (Lipinski definition) is 3. The molecule has 2 aromatic carbocycles. The van der Waals surface area contributed by atoms with Crippen molar-refractivity contribution in [3.8, 4) is 0 Å². The summed E-state index contributed by atoms with van der Waals surface area (Å²) in [5.74, 6) is -0.266. The van der Waals surface area contributed by atoms with Crippen molar-refractivity contribution < 1.29 is 13.2 Å². The van der Waals surface area contributed by atoms with Crippen LogP contribution in [0.5, 0.6) is 0 Å². The van der Waals surface area contributed by atoms with Crippen molar-refractivity contribution in [2.24, 2.45) is 0 Å². The van der Waals surface area contributed by atoms with E-state index in [0.29, 0.717) is 13.1 Å². The lowest BCUT2D eigenvalue weighted by Crippen LogP contribution is -2.42. The second-order valence-electron chi connectivity index (χ2n) is 5.73. The summed E-state index contributed by atoms with van der Waals surface area (Å²) in [7, 11) is -3.83. The maximum absolute atomic E-state index is 12.4. The largest absolute Gasteiger partial charge is 0.337 e. The summed E-state index contributed by atoms with van der Waals surface area (Å²) in [6, 6.07) is 11.9. The summed E-state index contributed by atoms with van der Waals surface area (Å²) in [5.41, 5.74) is 2.32. The van der Waals surface area contributed by atoms with Gasteiger partial charge in [0.2, 0.25) is 15.9 Å². The van der Waals surface area contributed by atoms with Crippen LogP contribution >= 0.6 is 23.2 Å². The number of benzene rings is 2. The lowest BCUT2D eigenvalue weighted by atomic mass is 10.00. The van der Waals surface area contributed by atoms with Crippen LogP contribution in [-0.2, 0) is 27.8 Å². The quantitative estimate of drug-likeness (QED) is 0.860. The number of amides is 1. The molecule has 0 bridgehead atoms. The number of nitrogens with zero attached hydrogens (tertiary/aromatic N) is 1. The van der Waals surface area contributed by atoms with E-state index in [0.717, 1.165) is 12.0 Å². The number of nitrogens with one attached hydrogen (secondary N) is 1. The van der Waals surface area contributed by atoms with Crippen LogP contribution in [0.2, 0.25) is 10.0 Å². The Balaban J connectivity index is 1.65. The number of hydrogen-bond donors (Lipinski definition) is 1.